The van der Waals surface area contributed by atoms with Crippen LogP contribution < -0.4 is 5.32 Å². The van der Waals surface area contributed by atoms with E-state index in [1.54, 1.807) is 6.07 Å². The van der Waals surface area contributed by atoms with Gasteiger partial charge in [0.05, 0.1) is 5.25 Å². The van der Waals surface area contributed by atoms with Crippen LogP contribution in [0.5, 0.6) is 0 Å². The SMILES string of the molecule is CCCC1CCC(NC)C(S(=O)(=O)c2cccs2)C1. The van der Waals surface area contributed by atoms with Crippen molar-refractivity contribution >= 4 is 21.2 Å². The lowest BCUT2D eigenvalue weighted by Gasteiger charge is -2.35. The molecular formula is C14H23NO2S2. The summed E-state index contributed by atoms with van der Waals surface area (Å²) in [6.07, 6.45) is 5.21. The Kier molecular flexibility index (Phi) is 5.03. The molecule has 1 N–H and O–H groups in total. The Morgan fingerprint density at radius 1 is 1.42 bits per heavy atom. The first-order valence-electron chi connectivity index (χ1n) is 7.04. The number of nitrogens with one attached hydrogen (secondary N) is 1. The highest BCUT2D eigenvalue weighted by molar-refractivity contribution is 7.94. The molecule has 1 aliphatic carbocycles. The summed E-state index contributed by atoms with van der Waals surface area (Å²) in [6.45, 7) is 2.17. The van der Waals surface area contributed by atoms with E-state index in [1.807, 2.05) is 18.5 Å². The first-order chi connectivity index (χ1) is 9.09. The number of thiophene rings is 1. The Labute approximate surface area is 120 Å². The van der Waals surface area contributed by atoms with Crippen molar-refractivity contribution in [2.75, 3.05) is 7.05 Å². The van der Waals surface area contributed by atoms with Crippen LogP contribution >= 0.6 is 11.3 Å². The van der Waals surface area contributed by atoms with Crippen molar-refractivity contribution in [3.63, 3.8) is 0 Å². The third-order valence-corrected chi connectivity index (χ3v) is 7.80. The molecular weight excluding hydrogens is 278 g/mol. The molecule has 3 atom stereocenters. The topological polar surface area (TPSA) is 46.2 Å². The highest BCUT2D eigenvalue weighted by Crippen LogP contribution is 2.35. The van der Waals surface area contributed by atoms with E-state index in [9.17, 15) is 8.42 Å². The summed E-state index contributed by atoms with van der Waals surface area (Å²) in [6, 6.07) is 3.65. The van der Waals surface area contributed by atoms with Crippen LogP contribution in [0.3, 0.4) is 0 Å². The molecule has 1 fully saturated rings. The van der Waals surface area contributed by atoms with Gasteiger partial charge in [-0.1, -0.05) is 25.8 Å². The maximum Gasteiger partial charge on any atom is 0.192 e. The monoisotopic (exact) mass is 301 g/mol. The van der Waals surface area contributed by atoms with E-state index >= 15 is 0 Å². The van der Waals surface area contributed by atoms with Crippen molar-refractivity contribution in [3.05, 3.63) is 17.5 Å². The van der Waals surface area contributed by atoms with Gasteiger partial charge < -0.3 is 5.32 Å². The molecule has 0 amide bonds. The normalized spacial score (nSPS) is 28.4. The Morgan fingerprint density at radius 2 is 2.21 bits per heavy atom. The molecule has 0 saturated heterocycles. The van der Waals surface area contributed by atoms with E-state index < -0.39 is 9.84 Å². The molecule has 1 aromatic heterocycles. The van der Waals surface area contributed by atoms with Gasteiger partial charge in [0.2, 0.25) is 0 Å². The summed E-state index contributed by atoms with van der Waals surface area (Å²) in [5, 5.41) is 4.79. The predicted octanol–water partition coefficient (Wildman–Crippen LogP) is 3.08. The fourth-order valence-electron chi connectivity index (χ4n) is 3.13. The van der Waals surface area contributed by atoms with Gasteiger partial charge in [-0.05, 0) is 43.7 Å². The quantitative estimate of drug-likeness (QED) is 0.909. The molecule has 5 heteroatoms. The van der Waals surface area contributed by atoms with E-state index in [1.165, 1.54) is 11.3 Å². The van der Waals surface area contributed by atoms with Crippen LogP contribution in [0.1, 0.15) is 39.0 Å². The van der Waals surface area contributed by atoms with Gasteiger partial charge in [0.25, 0.3) is 0 Å². The summed E-state index contributed by atoms with van der Waals surface area (Å²) in [5.41, 5.74) is 0. The van der Waals surface area contributed by atoms with Gasteiger partial charge in [0, 0.05) is 6.04 Å². The lowest BCUT2D eigenvalue weighted by Crippen LogP contribution is -2.46. The second-order valence-corrected chi connectivity index (χ2v) is 8.72. The zero-order chi connectivity index (χ0) is 13.9. The minimum absolute atomic E-state index is 0.0974. The van der Waals surface area contributed by atoms with Gasteiger partial charge in [-0.25, -0.2) is 8.42 Å². The molecule has 0 aliphatic heterocycles. The zero-order valence-corrected chi connectivity index (χ0v) is 13.3. The lowest BCUT2D eigenvalue weighted by atomic mass is 9.83. The smallest absolute Gasteiger partial charge is 0.192 e. The first-order valence-corrected chi connectivity index (χ1v) is 9.46. The van der Waals surface area contributed by atoms with Crippen molar-refractivity contribution < 1.29 is 8.42 Å². The molecule has 0 bridgehead atoms. The fraction of sp³-hybridized carbons (Fsp3) is 0.714. The van der Waals surface area contributed by atoms with Crippen molar-refractivity contribution in [2.24, 2.45) is 5.92 Å². The van der Waals surface area contributed by atoms with E-state index in [0.29, 0.717) is 10.1 Å². The molecule has 108 valence electrons. The molecule has 1 saturated carbocycles. The van der Waals surface area contributed by atoms with Gasteiger partial charge >= 0.3 is 0 Å². The lowest BCUT2D eigenvalue weighted by molar-refractivity contribution is 0.288. The van der Waals surface area contributed by atoms with Gasteiger partial charge in [0.15, 0.2) is 9.84 Å². The average Bonchev–Trinajstić information content (AvgIpc) is 2.93. The minimum Gasteiger partial charge on any atom is -0.316 e. The van der Waals surface area contributed by atoms with Crippen molar-refractivity contribution in [2.45, 2.75) is 54.5 Å². The predicted molar refractivity (Wildman–Crippen MR) is 80.4 cm³/mol. The Balaban J connectivity index is 2.23. The van der Waals surface area contributed by atoms with Gasteiger partial charge in [-0.2, -0.15) is 0 Å². The minimum atomic E-state index is -3.18. The van der Waals surface area contributed by atoms with E-state index in [4.69, 9.17) is 0 Å². The zero-order valence-electron chi connectivity index (χ0n) is 11.6. The van der Waals surface area contributed by atoms with Gasteiger partial charge in [0.1, 0.15) is 4.21 Å². The van der Waals surface area contributed by atoms with Crippen molar-refractivity contribution in [1.29, 1.82) is 0 Å². The Bertz CT molecular complexity index is 482. The van der Waals surface area contributed by atoms with Crippen LogP contribution in [0.25, 0.3) is 0 Å². The molecule has 3 nitrogen and oxygen atoms in total. The summed E-state index contributed by atoms with van der Waals surface area (Å²) in [5.74, 6) is 0.564. The first kappa shape index (κ1) is 15.0. The van der Waals surface area contributed by atoms with Gasteiger partial charge in [-0.15, -0.1) is 11.3 Å². The maximum absolute atomic E-state index is 12.7. The molecule has 0 spiro atoms. The third-order valence-electron chi connectivity index (χ3n) is 4.14. The number of rotatable bonds is 5. The summed E-state index contributed by atoms with van der Waals surface area (Å²) in [4.78, 5) is 0. The van der Waals surface area contributed by atoms with E-state index in [-0.39, 0.29) is 11.3 Å². The Morgan fingerprint density at radius 3 is 2.79 bits per heavy atom. The standard InChI is InChI=1S/C14H23NO2S2/c1-3-5-11-7-8-12(15-2)13(10-11)19(16,17)14-6-4-9-18-14/h4,6,9,11-13,15H,3,5,7-8,10H2,1-2H3. The van der Waals surface area contributed by atoms with Crippen LogP contribution in [-0.4, -0.2) is 26.8 Å². The molecule has 1 heterocycles. The highest BCUT2D eigenvalue weighted by atomic mass is 32.2. The molecule has 0 aromatic carbocycles. The molecule has 0 radical (unpaired) electrons. The highest BCUT2D eigenvalue weighted by Gasteiger charge is 2.39. The fourth-order valence-corrected chi connectivity index (χ4v) is 6.45. The van der Waals surface area contributed by atoms with Crippen molar-refractivity contribution in [3.8, 4) is 0 Å². The Hall–Kier alpha value is -0.390. The van der Waals surface area contributed by atoms with Crippen LogP contribution in [-0.2, 0) is 9.84 Å². The maximum atomic E-state index is 12.7. The third kappa shape index (κ3) is 3.20. The second kappa shape index (κ2) is 6.37. The van der Waals surface area contributed by atoms with Crippen LogP contribution in [0.2, 0.25) is 0 Å². The number of hydrogen-bond acceptors (Lipinski definition) is 4. The largest absolute Gasteiger partial charge is 0.316 e. The average molecular weight is 301 g/mol. The summed E-state index contributed by atoms with van der Waals surface area (Å²) < 4.78 is 26.0. The number of sulfone groups is 1. The molecule has 3 unspecified atom stereocenters. The summed E-state index contributed by atoms with van der Waals surface area (Å²) in [7, 11) is -1.30. The van der Waals surface area contributed by atoms with Crippen molar-refractivity contribution in [1.82, 2.24) is 5.32 Å². The van der Waals surface area contributed by atoms with Crippen LogP contribution in [0, 0.1) is 5.92 Å². The van der Waals surface area contributed by atoms with E-state index in [2.05, 4.69) is 12.2 Å². The summed E-state index contributed by atoms with van der Waals surface area (Å²) >= 11 is 1.33. The van der Waals surface area contributed by atoms with Crippen LogP contribution in [0.4, 0.5) is 0 Å². The second-order valence-electron chi connectivity index (χ2n) is 5.38. The molecule has 1 aromatic rings. The number of hydrogen-bond donors (Lipinski definition) is 1. The van der Waals surface area contributed by atoms with Crippen LogP contribution in [0.15, 0.2) is 21.7 Å². The van der Waals surface area contributed by atoms with Gasteiger partial charge in [-0.3, -0.25) is 0 Å². The molecule has 2 rings (SSSR count). The molecule has 1 aliphatic rings. The molecule has 19 heavy (non-hydrogen) atoms. The van der Waals surface area contributed by atoms with E-state index in [0.717, 1.165) is 32.1 Å².